The summed E-state index contributed by atoms with van der Waals surface area (Å²) in [7, 11) is 1.62. The van der Waals surface area contributed by atoms with Gasteiger partial charge in [0.15, 0.2) is 0 Å². The van der Waals surface area contributed by atoms with Crippen LogP contribution < -0.4 is 10.1 Å². The predicted molar refractivity (Wildman–Crippen MR) is 87.6 cm³/mol. The van der Waals surface area contributed by atoms with Crippen LogP contribution in [-0.4, -0.2) is 32.8 Å². The maximum atomic E-state index is 12.0. The van der Waals surface area contributed by atoms with Crippen LogP contribution >= 0.6 is 0 Å². The number of hydrogen-bond acceptors (Lipinski definition) is 4. The van der Waals surface area contributed by atoms with Gasteiger partial charge in [0.1, 0.15) is 11.3 Å². The number of rotatable bonds is 9. The molecule has 0 radical (unpaired) electrons. The molecule has 1 heterocycles. The quantitative estimate of drug-likeness (QED) is 0.722. The van der Waals surface area contributed by atoms with Crippen LogP contribution in [0, 0.1) is 5.92 Å². The van der Waals surface area contributed by atoms with Gasteiger partial charge in [-0.25, -0.2) is 0 Å². The minimum absolute atomic E-state index is 0.00529. The van der Waals surface area contributed by atoms with Crippen molar-refractivity contribution in [3.05, 3.63) is 30.0 Å². The molecule has 1 N–H and O–H groups in total. The van der Waals surface area contributed by atoms with Gasteiger partial charge in [0, 0.05) is 36.8 Å². The lowest BCUT2D eigenvalue weighted by atomic mass is 10.1. The molecule has 1 aliphatic rings. The van der Waals surface area contributed by atoms with E-state index in [1.165, 1.54) is 12.8 Å². The summed E-state index contributed by atoms with van der Waals surface area (Å²) in [5.74, 6) is 1.54. The van der Waals surface area contributed by atoms with Gasteiger partial charge in [-0.3, -0.25) is 4.79 Å². The maximum absolute atomic E-state index is 12.0. The van der Waals surface area contributed by atoms with Crippen LogP contribution in [0.1, 0.15) is 24.8 Å². The molecule has 0 aliphatic heterocycles. The lowest BCUT2D eigenvalue weighted by Gasteiger charge is -2.05. The van der Waals surface area contributed by atoms with Crippen molar-refractivity contribution in [1.82, 2.24) is 5.32 Å². The Hall–Kier alpha value is -2.01. The Morgan fingerprint density at radius 3 is 3.04 bits per heavy atom. The minimum Gasteiger partial charge on any atom is -0.497 e. The second kappa shape index (κ2) is 7.51. The van der Waals surface area contributed by atoms with Crippen molar-refractivity contribution in [2.24, 2.45) is 5.92 Å². The topological polar surface area (TPSA) is 60.7 Å². The lowest BCUT2D eigenvalue weighted by Crippen LogP contribution is -2.26. The normalized spacial score (nSPS) is 14.1. The standard InChI is InChI=1S/C18H23NO4/c1-21-15-5-6-16-14(12-23-17(16)10-15)9-18(20)19-7-2-8-22-11-13-3-4-13/h5-6,10,12-13H,2-4,7-9,11H2,1H3,(H,19,20). The molecular weight excluding hydrogens is 294 g/mol. The molecule has 23 heavy (non-hydrogen) atoms. The molecule has 3 rings (SSSR count). The van der Waals surface area contributed by atoms with E-state index >= 15 is 0 Å². The van der Waals surface area contributed by atoms with Gasteiger partial charge in [-0.2, -0.15) is 0 Å². The van der Waals surface area contributed by atoms with Gasteiger partial charge >= 0.3 is 0 Å². The number of fused-ring (bicyclic) bond motifs is 1. The largest absolute Gasteiger partial charge is 0.497 e. The van der Waals surface area contributed by atoms with E-state index in [1.807, 2.05) is 18.2 Å². The molecule has 1 aromatic heterocycles. The number of amides is 1. The van der Waals surface area contributed by atoms with Crippen molar-refractivity contribution in [2.75, 3.05) is 26.9 Å². The van der Waals surface area contributed by atoms with E-state index < -0.39 is 0 Å². The fourth-order valence-electron chi connectivity index (χ4n) is 2.50. The van der Waals surface area contributed by atoms with E-state index in [0.29, 0.717) is 19.6 Å². The first-order valence-electron chi connectivity index (χ1n) is 8.15. The third-order valence-corrected chi connectivity index (χ3v) is 4.05. The molecule has 0 spiro atoms. The Kier molecular flexibility index (Phi) is 5.18. The molecule has 1 aliphatic carbocycles. The first kappa shape index (κ1) is 15.9. The Bertz CT molecular complexity index is 660. The molecule has 1 fully saturated rings. The van der Waals surface area contributed by atoms with Crippen molar-refractivity contribution >= 4 is 16.9 Å². The molecule has 124 valence electrons. The smallest absolute Gasteiger partial charge is 0.224 e. The molecule has 1 aromatic carbocycles. The van der Waals surface area contributed by atoms with Crippen molar-refractivity contribution in [2.45, 2.75) is 25.7 Å². The van der Waals surface area contributed by atoms with E-state index in [4.69, 9.17) is 13.9 Å². The van der Waals surface area contributed by atoms with Gasteiger partial charge < -0.3 is 19.2 Å². The lowest BCUT2D eigenvalue weighted by molar-refractivity contribution is -0.120. The molecule has 0 unspecified atom stereocenters. The molecule has 1 saturated carbocycles. The number of methoxy groups -OCH3 is 1. The number of benzene rings is 1. The summed E-state index contributed by atoms with van der Waals surface area (Å²) in [5.41, 5.74) is 1.63. The Labute approximate surface area is 135 Å². The number of nitrogens with one attached hydrogen (secondary N) is 1. The van der Waals surface area contributed by atoms with Crippen LogP contribution in [-0.2, 0) is 16.0 Å². The van der Waals surface area contributed by atoms with Gasteiger partial charge in [0.2, 0.25) is 5.91 Å². The Balaban J connectivity index is 1.42. The van der Waals surface area contributed by atoms with Gasteiger partial charge in [0.25, 0.3) is 0 Å². The first-order chi connectivity index (χ1) is 11.3. The third kappa shape index (κ3) is 4.48. The minimum atomic E-state index is 0.00529. The van der Waals surface area contributed by atoms with Crippen LogP contribution in [0.5, 0.6) is 5.75 Å². The molecule has 0 saturated heterocycles. The zero-order valence-electron chi connectivity index (χ0n) is 13.5. The van der Waals surface area contributed by atoms with E-state index in [-0.39, 0.29) is 5.91 Å². The average Bonchev–Trinajstić information content (AvgIpc) is 3.31. The zero-order chi connectivity index (χ0) is 16.1. The van der Waals surface area contributed by atoms with E-state index in [2.05, 4.69) is 5.32 Å². The number of carbonyl (C=O) groups excluding carboxylic acids is 1. The molecule has 1 amide bonds. The van der Waals surface area contributed by atoms with Crippen LogP contribution in [0.25, 0.3) is 11.0 Å². The number of hydrogen-bond donors (Lipinski definition) is 1. The molecule has 0 atom stereocenters. The summed E-state index contributed by atoms with van der Waals surface area (Å²) in [6, 6.07) is 5.62. The van der Waals surface area contributed by atoms with Crippen molar-refractivity contribution in [3.63, 3.8) is 0 Å². The highest BCUT2D eigenvalue weighted by Gasteiger charge is 2.20. The van der Waals surface area contributed by atoms with Gasteiger partial charge in [-0.15, -0.1) is 0 Å². The number of furan rings is 1. The number of ether oxygens (including phenoxy) is 2. The van der Waals surface area contributed by atoms with Crippen LogP contribution in [0.15, 0.2) is 28.9 Å². The second-order valence-electron chi connectivity index (χ2n) is 6.02. The maximum Gasteiger partial charge on any atom is 0.224 e. The van der Waals surface area contributed by atoms with Crippen LogP contribution in [0.3, 0.4) is 0 Å². The van der Waals surface area contributed by atoms with E-state index in [0.717, 1.165) is 41.2 Å². The van der Waals surface area contributed by atoms with Crippen molar-refractivity contribution in [3.8, 4) is 5.75 Å². The summed E-state index contributed by atoms with van der Waals surface area (Å²) >= 11 is 0. The SMILES string of the molecule is COc1ccc2c(CC(=O)NCCCOCC3CC3)coc2c1. The second-order valence-corrected chi connectivity index (χ2v) is 6.02. The molecule has 5 heteroatoms. The summed E-state index contributed by atoms with van der Waals surface area (Å²) in [4.78, 5) is 12.0. The van der Waals surface area contributed by atoms with Crippen molar-refractivity contribution in [1.29, 1.82) is 0 Å². The van der Waals surface area contributed by atoms with Gasteiger partial charge in [0.05, 0.1) is 19.8 Å². The molecule has 2 aromatic rings. The highest BCUT2D eigenvalue weighted by Crippen LogP contribution is 2.28. The highest BCUT2D eigenvalue weighted by molar-refractivity contribution is 5.88. The zero-order valence-corrected chi connectivity index (χ0v) is 13.5. The predicted octanol–water partition coefficient (Wildman–Crippen LogP) is 2.92. The van der Waals surface area contributed by atoms with Crippen molar-refractivity contribution < 1.29 is 18.7 Å². The highest BCUT2D eigenvalue weighted by atomic mass is 16.5. The average molecular weight is 317 g/mol. The van der Waals surface area contributed by atoms with E-state index in [9.17, 15) is 4.79 Å². The van der Waals surface area contributed by atoms with E-state index in [1.54, 1.807) is 13.4 Å². The van der Waals surface area contributed by atoms with Gasteiger partial charge in [-0.1, -0.05) is 0 Å². The fourth-order valence-corrected chi connectivity index (χ4v) is 2.50. The summed E-state index contributed by atoms with van der Waals surface area (Å²) in [5, 5.41) is 3.88. The first-order valence-corrected chi connectivity index (χ1v) is 8.15. The van der Waals surface area contributed by atoms with Crippen LogP contribution in [0.2, 0.25) is 0 Å². The molecular formula is C18H23NO4. The third-order valence-electron chi connectivity index (χ3n) is 4.05. The summed E-state index contributed by atoms with van der Waals surface area (Å²) < 4.78 is 16.2. The monoisotopic (exact) mass is 317 g/mol. The molecule has 5 nitrogen and oxygen atoms in total. The Morgan fingerprint density at radius 2 is 2.26 bits per heavy atom. The number of carbonyl (C=O) groups is 1. The fraction of sp³-hybridized carbons (Fsp3) is 0.500. The van der Waals surface area contributed by atoms with Gasteiger partial charge in [-0.05, 0) is 37.3 Å². The Morgan fingerprint density at radius 1 is 1.39 bits per heavy atom. The van der Waals surface area contributed by atoms with Crippen LogP contribution in [0.4, 0.5) is 0 Å². The summed E-state index contributed by atoms with van der Waals surface area (Å²) in [6.07, 6.45) is 5.43. The molecule has 0 bridgehead atoms. The summed E-state index contributed by atoms with van der Waals surface area (Å²) in [6.45, 7) is 2.23.